The lowest BCUT2D eigenvalue weighted by Crippen LogP contribution is -2.26. The van der Waals surface area contributed by atoms with E-state index >= 15 is 0 Å². The molecule has 0 radical (unpaired) electrons. The van der Waals surface area contributed by atoms with Gasteiger partial charge in [-0.05, 0) is 30.7 Å². The molecule has 1 aromatic carbocycles. The van der Waals surface area contributed by atoms with Crippen molar-refractivity contribution in [2.45, 2.75) is 19.4 Å². The molecule has 0 fully saturated rings. The Labute approximate surface area is 153 Å². The zero-order valence-electron chi connectivity index (χ0n) is 14.6. The smallest absolute Gasteiger partial charge is 0.252 e. The second kappa shape index (κ2) is 8.76. The summed E-state index contributed by atoms with van der Waals surface area (Å²) in [6, 6.07) is 19.1. The number of nitrogens with one attached hydrogen (secondary N) is 1. The third-order valence-electron chi connectivity index (χ3n) is 3.96. The van der Waals surface area contributed by atoms with Crippen molar-refractivity contribution in [2.24, 2.45) is 0 Å². The summed E-state index contributed by atoms with van der Waals surface area (Å²) < 4.78 is 5.82. The number of hydrogen-bond donors (Lipinski definition) is 1. The maximum Gasteiger partial charge on any atom is 0.252 e. The van der Waals surface area contributed by atoms with Crippen LogP contribution in [0.4, 0.5) is 0 Å². The topological polar surface area (TPSA) is 64.1 Å². The Hall–Kier alpha value is -3.21. The van der Waals surface area contributed by atoms with Crippen molar-refractivity contribution in [3.8, 4) is 5.88 Å². The molecule has 0 aliphatic heterocycles. The lowest BCUT2D eigenvalue weighted by molar-refractivity contribution is 0.0953. The molecular formula is C21H21N3O2. The summed E-state index contributed by atoms with van der Waals surface area (Å²) >= 11 is 0. The molecule has 0 bridgehead atoms. The average Bonchev–Trinajstić information content (AvgIpc) is 2.70. The van der Waals surface area contributed by atoms with Crippen molar-refractivity contribution in [1.82, 2.24) is 15.3 Å². The molecule has 0 saturated carbocycles. The predicted octanol–water partition coefficient (Wildman–Crippen LogP) is 3.59. The summed E-state index contributed by atoms with van der Waals surface area (Å²) in [5, 5.41) is 2.87. The number of nitrogens with zero attached hydrogens (tertiary/aromatic N) is 2. The molecule has 2 aromatic heterocycles. The van der Waals surface area contributed by atoms with Gasteiger partial charge in [0.2, 0.25) is 5.88 Å². The van der Waals surface area contributed by atoms with Gasteiger partial charge in [0.25, 0.3) is 5.91 Å². The first-order chi connectivity index (χ1) is 12.7. The number of ether oxygens (including phenoxy) is 1. The maximum absolute atomic E-state index is 12.2. The Morgan fingerprint density at radius 1 is 1.04 bits per heavy atom. The highest BCUT2D eigenvalue weighted by molar-refractivity contribution is 5.93. The molecule has 3 aromatic rings. The second-order valence-electron chi connectivity index (χ2n) is 5.88. The average molecular weight is 347 g/mol. The molecule has 5 nitrogen and oxygen atoms in total. The summed E-state index contributed by atoms with van der Waals surface area (Å²) in [6.45, 7) is 2.49. The normalized spacial score (nSPS) is 11.6. The lowest BCUT2D eigenvalue weighted by Gasteiger charge is -2.14. The van der Waals surface area contributed by atoms with Crippen LogP contribution in [0.2, 0.25) is 0 Å². The summed E-state index contributed by atoms with van der Waals surface area (Å²) in [4.78, 5) is 20.6. The lowest BCUT2D eigenvalue weighted by atomic mass is 10.1. The fourth-order valence-corrected chi connectivity index (χ4v) is 2.51. The summed E-state index contributed by atoms with van der Waals surface area (Å²) in [6.07, 6.45) is 3.86. The van der Waals surface area contributed by atoms with Crippen LogP contribution in [0.15, 0.2) is 73.1 Å². The van der Waals surface area contributed by atoms with E-state index in [4.69, 9.17) is 4.74 Å². The Bertz CT molecular complexity index is 821. The van der Waals surface area contributed by atoms with Gasteiger partial charge < -0.3 is 10.1 Å². The Balaban J connectivity index is 1.51. The molecule has 0 unspecified atom stereocenters. The molecule has 1 atom stereocenters. The minimum absolute atomic E-state index is 0.109. The second-order valence-corrected chi connectivity index (χ2v) is 5.88. The fraction of sp³-hybridized carbons (Fsp3) is 0.190. The Kier molecular flexibility index (Phi) is 5.93. The zero-order chi connectivity index (χ0) is 18.2. The third kappa shape index (κ3) is 4.89. The van der Waals surface area contributed by atoms with Crippen molar-refractivity contribution in [2.75, 3.05) is 6.54 Å². The van der Waals surface area contributed by atoms with Crippen LogP contribution in [-0.2, 0) is 6.42 Å². The van der Waals surface area contributed by atoms with Gasteiger partial charge in [-0.15, -0.1) is 0 Å². The number of hydrogen-bond acceptors (Lipinski definition) is 4. The highest BCUT2D eigenvalue weighted by atomic mass is 16.5. The SMILES string of the molecule is C[C@H](Oc1ccc(C(=O)NCCc2ccccn2)cn1)c1ccccc1. The number of pyridine rings is 2. The number of carbonyl (C=O) groups is 1. The van der Waals surface area contributed by atoms with Gasteiger partial charge in [-0.25, -0.2) is 4.98 Å². The highest BCUT2D eigenvalue weighted by Gasteiger charge is 2.10. The minimum Gasteiger partial charge on any atom is -0.470 e. The molecule has 0 aliphatic carbocycles. The van der Waals surface area contributed by atoms with E-state index in [0.717, 1.165) is 11.3 Å². The van der Waals surface area contributed by atoms with E-state index in [-0.39, 0.29) is 12.0 Å². The van der Waals surface area contributed by atoms with Gasteiger partial charge in [-0.3, -0.25) is 9.78 Å². The number of aromatic nitrogens is 2. The predicted molar refractivity (Wildman–Crippen MR) is 100.0 cm³/mol. The van der Waals surface area contributed by atoms with E-state index in [0.29, 0.717) is 24.4 Å². The molecule has 5 heteroatoms. The zero-order valence-corrected chi connectivity index (χ0v) is 14.6. The van der Waals surface area contributed by atoms with Crippen molar-refractivity contribution in [1.29, 1.82) is 0 Å². The van der Waals surface area contributed by atoms with Gasteiger partial charge in [0, 0.05) is 37.1 Å². The molecule has 1 N–H and O–H groups in total. The number of amides is 1. The molecule has 1 amide bonds. The minimum atomic E-state index is -0.156. The molecule has 132 valence electrons. The summed E-state index contributed by atoms with van der Waals surface area (Å²) in [7, 11) is 0. The first-order valence-corrected chi connectivity index (χ1v) is 8.58. The van der Waals surface area contributed by atoms with E-state index in [1.807, 2.05) is 55.5 Å². The quantitative estimate of drug-likeness (QED) is 0.709. The highest BCUT2D eigenvalue weighted by Crippen LogP contribution is 2.19. The van der Waals surface area contributed by atoms with E-state index in [1.54, 1.807) is 18.3 Å². The van der Waals surface area contributed by atoms with Crippen LogP contribution in [0.3, 0.4) is 0 Å². The van der Waals surface area contributed by atoms with Crippen molar-refractivity contribution >= 4 is 5.91 Å². The van der Waals surface area contributed by atoms with Gasteiger partial charge in [0.1, 0.15) is 6.10 Å². The molecular weight excluding hydrogens is 326 g/mol. The van der Waals surface area contributed by atoms with Crippen LogP contribution in [0.1, 0.15) is 34.6 Å². The largest absolute Gasteiger partial charge is 0.470 e. The Morgan fingerprint density at radius 2 is 1.85 bits per heavy atom. The van der Waals surface area contributed by atoms with Crippen LogP contribution in [-0.4, -0.2) is 22.4 Å². The van der Waals surface area contributed by atoms with Crippen LogP contribution in [0, 0.1) is 0 Å². The molecule has 0 aliphatic rings. The van der Waals surface area contributed by atoms with Gasteiger partial charge >= 0.3 is 0 Å². The first-order valence-electron chi connectivity index (χ1n) is 8.58. The monoisotopic (exact) mass is 347 g/mol. The fourth-order valence-electron chi connectivity index (χ4n) is 2.51. The summed E-state index contributed by atoms with van der Waals surface area (Å²) in [5.41, 5.74) is 2.53. The number of benzene rings is 1. The number of carbonyl (C=O) groups excluding carboxylic acids is 1. The van der Waals surface area contributed by atoms with Gasteiger partial charge in [-0.1, -0.05) is 36.4 Å². The molecule has 2 heterocycles. The molecule has 0 saturated heterocycles. The van der Waals surface area contributed by atoms with E-state index < -0.39 is 0 Å². The van der Waals surface area contributed by atoms with E-state index in [9.17, 15) is 4.79 Å². The molecule has 26 heavy (non-hydrogen) atoms. The van der Waals surface area contributed by atoms with E-state index in [1.165, 1.54) is 6.20 Å². The number of rotatable bonds is 7. The van der Waals surface area contributed by atoms with Gasteiger partial charge in [0.05, 0.1) is 5.56 Å². The van der Waals surface area contributed by atoms with Gasteiger partial charge in [0.15, 0.2) is 0 Å². The Morgan fingerprint density at radius 3 is 2.54 bits per heavy atom. The third-order valence-corrected chi connectivity index (χ3v) is 3.96. The van der Waals surface area contributed by atoms with Crippen molar-refractivity contribution in [3.63, 3.8) is 0 Å². The van der Waals surface area contributed by atoms with Crippen LogP contribution < -0.4 is 10.1 Å². The molecule has 3 rings (SSSR count). The van der Waals surface area contributed by atoms with Crippen molar-refractivity contribution in [3.05, 3.63) is 89.9 Å². The van der Waals surface area contributed by atoms with Gasteiger partial charge in [-0.2, -0.15) is 0 Å². The standard InChI is InChI=1S/C21H21N3O2/c1-16(17-7-3-2-4-8-17)26-20-11-10-18(15-24-20)21(25)23-14-12-19-9-5-6-13-22-19/h2-11,13,15-16H,12,14H2,1H3,(H,23,25)/t16-/m0/s1. The maximum atomic E-state index is 12.2. The first kappa shape index (κ1) is 17.6. The van der Waals surface area contributed by atoms with Crippen LogP contribution in [0.5, 0.6) is 5.88 Å². The van der Waals surface area contributed by atoms with Crippen molar-refractivity contribution < 1.29 is 9.53 Å². The van der Waals surface area contributed by atoms with E-state index in [2.05, 4.69) is 15.3 Å². The molecule has 0 spiro atoms. The van der Waals surface area contributed by atoms with Crippen LogP contribution >= 0.6 is 0 Å². The van der Waals surface area contributed by atoms with Crippen LogP contribution in [0.25, 0.3) is 0 Å². The summed E-state index contributed by atoms with van der Waals surface area (Å²) in [5.74, 6) is 0.336.